The Kier molecular flexibility index (Phi) is 11.2. The van der Waals surface area contributed by atoms with Crippen LogP contribution in [0.15, 0.2) is 46.6 Å². The number of allylic oxidation sites excluding steroid dienone is 7. The van der Waals surface area contributed by atoms with E-state index in [1.165, 1.54) is 22.8 Å². The van der Waals surface area contributed by atoms with Crippen LogP contribution in [-0.2, 0) is 4.79 Å². The van der Waals surface area contributed by atoms with E-state index in [4.69, 9.17) is 5.11 Å². The van der Waals surface area contributed by atoms with Gasteiger partial charge in [-0.15, -0.1) is 0 Å². The maximum atomic E-state index is 10.5. The van der Waals surface area contributed by atoms with Gasteiger partial charge in [0.15, 0.2) is 0 Å². The van der Waals surface area contributed by atoms with Crippen LogP contribution in [0, 0.1) is 0 Å². The van der Waals surface area contributed by atoms with Crippen LogP contribution in [0.25, 0.3) is 0 Å². The third-order valence-corrected chi connectivity index (χ3v) is 3.52. The first-order valence-electron chi connectivity index (χ1n) is 8.16. The van der Waals surface area contributed by atoms with Gasteiger partial charge in [-0.2, -0.15) is 0 Å². The predicted octanol–water partition coefficient (Wildman–Crippen LogP) is 6.22. The van der Waals surface area contributed by atoms with Crippen molar-refractivity contribution in [2.45, 2.75) is 73.1 Å². The molecule has 1 N–H and O–H groups in total. The van der Waals surface area contributed by atoms with Crippen molar-refractivity contribution in [3.8, 4) is 0 Å². The highest BCUT2D eigenvalue weighted by molar-refractivity contribution is 5.80. The molecule has 0 rings (SSSR count). The summed E-state index contributed by atoms with van der Waals surface area (Å²) in [5, 5.41) is 8.65. The van der Waals surface area contributed by atoms with Crippen LogP contribution in [0.1, 0.15) is 73.1 Å². The molecule has 0 spiro atoms. The van der Waals surface area contributed by atoms with E-state index in [0.717, 1.165) is 44.1 Å². The Labute approximate surface area is 136 Å². The number of carbonyl (C=O) groups is 1. The Hall–Kier alpha value is -1.57. The maximum Gasteiger partial charge on any atom is 0.328 e. The van der Waals surface area contributed by atoms with Gasteiger partial charge in [-0.1, -0.05) is 40.5 Å². The zero-order chi connectivity index (χ0) is 17.0. The highest BCUT2D eigenvalue weighted by Gasteiger charge is 1.95. The molecule has 0 unspecified atom stereocenters. The zero-order valence-electron chi connectivity index (χ0n) is 14.9. The summed E-state index contributed by atoms with van der Waals surface area (Å²) in [7, 11) is 0. The molecular weight excluding hydrogens is 272 g/mol. The molecule has 0 aromatic carbocycles. The molecule has 0 aliphatic rings. The third-order valence-electron chi connectivity index (χ3n) is 3.52. The normalized spacial score (nSPS) is 13.2. The highest BCUT2D eigenvalue weighted by Crippen LogP contribution is 2.13. The van der Waals surface area contributed by atoms with Crippen LogP contribution < -0.4 is 0 Å². The lowest BCUT2D eigenvalue weighted by Crippen LogP contribution is -1.89. The molecule has 0 heterocycles. The Balaban J connectivity index is 4.01. The van der Waals surface area contributed by atoms with Gasteiger partial charge < -0.3 is 5.11 Å². The summed E-state index contributed by atoms with van der Waals surface area (Å²) in [6.07, 6.45) is 14.3. The van der Waals surface area contributed by atoms with E-state index in [2.05, 4.69) is 45.9 Å². The van der Waals surface area contributed by atoms with Crippen LogP contribution in [0.3, 0.4) is 0 Å². The minimum absolute atomic E-state index is 0.821. The summed E-state index contributed by atoms with van der Waals surface area (Å²) in [5.41, 5.74) is 5.16. The second kappa shape index (κ2) is 12.0. The summed E-state index contributed by atoms with van der Waals surface area (Å²) in [6.45, 7) is 10.5. The first kappa shape index (κ1) is 20.4. The lowest BCUT2D eigenvalue weighted by Gasteiger charge is -2.02. The Morgan fingerprint density at radius 2 is 1.14 bits per heavy atom. The molecule has 0 amide bonds. The minimum Gasteiger partial charge on any atom is -0.478 e. The van der Waals surface area contributed by atoms with Gasteiger partial charge in [0.25, 0.3) is 0 Å². The van der Waals surface area contributed by atoms with Gasteiger partial charge in [0.2, 0.25) is 0 Å². The quantitative estimate of drug-likeness (QED) is 0.384. The van der Waals surface area contributed by atoms with Crippen molar-refractivity contribution in [2.75, 3.05) is 0 Å². The smallest absolute Gasteiger partial charge is 0.328 e. The molecular formula is C20H32O2. The van der Waals surface area contributed by atoms with E-state index in [1.807, 2.05) is 6.92 Å². The number of carboxylic acid groups (broad SMARTS) is 1. The van der Waals surface area contributed by atoms with Crippen LogP contribution in [0.4, 0.5) is 0 Å². The van der Waals surface area contributed by atoms with Crippen LogP contribution >= 0.6 is 0 Å². The van der Waals surface area contributed by atoms with E-state index in [1.54, 1.807) is 0 Å². The second-order valence-corrected chi connectivity index (χ2v) is 6.33. The standard InChI is InChI=1S/C20H32O2/c1-16(2)9-6-10-17(3)11-7-12-18(4)13-8-14-19(5)15-20(21)22/h9,11,13,15H,6-8,10,12,14H2,1-5H3,(H,21,22)/b17-11+,18-13+,19-15+. The minimum atomic E-state index is -0.855. The van der Waals surface area contributed by atoms with Crippen molar-refractivity contribution in [2.24, 2.45) is 0 Å². The topological polar surface area (TPSA) is 37.3 Å². The molecule has 22 heavy (non-hydrogen) atoms. The van der Waals surface area contributed by atoms with E-state index in [-0.39, 0.29) is 0 Å². The van der Waals surface area contributed by atoms with E-state index >= 15 is 0 Å². The van der Waals surface area contributed by atoms with E-state index in [0.29, 0.717) is 0 Å². The molecule has 0 atom stereocenters. The number of aliphatic carboxylic acids is 1. The highest BCUT2D eigenvalue weighted by atomic mass is 16.4. The molecule has 0 fully saturated rings. The average Bonchev–Trinajstić information content (AvgIpc) is 2.37. The number of rotatable bonds is 10. The Morgan fingerprint density at radius 3 is 1.55 bits per heavy atom. The fourth-order valence-electron chi connectivity index (χ4n) is 2.17. The average molecular weight is 304 g/mol. The van der Waals surface area contributed by atoms with Gasteiger partial charge in [0, 0.05) is 6.08 Å². The van der Waals surface area contributed by atoms with Crippen LogP contribution in [-0.4, -0.2) is 11.1 Å². The van der Waals surface area contributed by atoms with Crippen molar-refractivity contribution in [1.29, 1.82) is 0 Å². The predicted molar refractivity (Wildman–Crippen MR) is 96.0 cm³/mol. The molecule has 2 heteroatoms. The van der Waals surface area contributed by atoms with Crippen molar-refractivity contribution in [1.82, 2.24) is 0 Å². The molecule has 0 aromatic rings. The van der Waals surface area contributed by atoms with Crippen LogP contribution in [0.2, 0.25) is 0 Å². The Morgan fingerprint density at radius 1 is 0.727 bits per heavy atom. The third kappa shape index (κ3) is 13.4. The number of hydrogen-bond acceptors (Lipinski definition) is 1. The summed E-state index contributed by atoms with van der Waals surface area (Å²) in [5.74, 6) is -0.855. The van der Waals surface area contributed by atoms with Gasteiger partial charge in [0.1, 0.15) is 0 Å². The van der Waals surface area contributed by atoms with Gasteiger partial charge in [-0.05, 0) is 73.1 Å². The molecule has 0 radical (unpaired) electrons. The maximum absolute atomic E-state index is 10.5. The molecule has 0 saturated heterocycles. The fraction of sp³-hybridized carbons (Fsp3) is 0.550. The number of hydrogen-bond donors (Lipinski definition) is 1. The molecule has 0 saturated carbocycles. The van der Waals surface area contributed by atoms with Crippen molar-refractivity contribution < 1.29 is 9.90 Å². The SMILES string of the molecule is CC(C)=CCC/C(C)=C/CC/C(C)=C/CC/C(C)=C/C(=O)O. The summed E-state index contributed by atoms with van der Waals surface area (Å²) >= 11 is 0. The molecule has 0 aliphatic carbocycles. The van der Waals surface area contributed by atoms with Crippen molar-refractivity contribution >= 4 is 5.97 Å². The summed E-state index contributed by atoms with van der Waals surface area (Å²) in [4.78, 5) is 10.5. The largest absolute Gasteiger partial charge is 0.478 e. The summed E-state index contributed by atoms with van der Waals surface area (Å²) < 4.78 is 0. The van der Waals surface area contributed by atoms with Gasteiger partial charge in [-0.25, -0.2) is 4.79 Å². The summed E-state index contributed by atoms with van der Waals surface area (Å²) in [6, 6.07) is 0. The second-order valence-electron chi connectivity index (χ2n) is 6.33. The monoisotopic (exact) mass is 304 g/mol. The Bertz CT molecular complexity index is 458. The molecule has 0 bridgehead atoms. The van der Waals surface area contributed by atoms with Crippen molar-refractivity contribution in [3.63, 3.8) is 0 Å². The lowest BCUT2D eigenvalue weighted by molar-refractivity contribution is -0.131. The zero-order valence-corrected chi connectivity index (χ0v) is 14.9. The molecule has 0 aliphatic heterocycles. The van der Waals surface area contributed by atoms with Gasteiger partial charge in [-0.3, -0.25) is 0 Å². The molecule has 2 nitrogen and oxygen atoms in total. The number of carboxylic acids is 1. The first-order valence-corrected chi connectivity index (χ1v) is 8.16. The van der Waals surface area contributed by atoms with E-state index < -0.39 is 5.97 Å². The fourth-order valence-corrected chi connectivity index (χ4v) is 2.17. The van der Waals surface area contributed by atoms with Gasteiger partial charge >= 0.3 is 5.97 Å². The van der Waals surface area contributed by atoms with Crippen molar-refractivity contribution in [3.05, 3.63) is 46.6 Å². The van der Waals surface area contributed by atoms with Crippen LogP contribution in [0.5, 0.6) is 0 Å². The van der Waals surface area contributed by atoms with Gasteiger partial charge in [0.05, 0.1) is 0 Å². The molecule has 124 valence electrons. The lowest BCUT2D eigenvalue weighted by atomic mass is 10.0. The molecule has 0 aromatic heterocycles. The van der Waals surface area contributed by atoms with E-state index in [9.17, 15) is 4.79 Å². The first-order chi connectivity index (χ1) is 10.3.